The summed E-state index contributed by atoms with van der Waals surface area (Å²) in [6, 6.07) is 5.45. The molecule has 0 heterocycles. The van der Waals surface area contributed by atoms with Crippen LogP contribution in [0.15, 0.2) is 18.2 Å². The Labute approximate surface area is 117 Å². The molecule has 0 bridgehead atoms. The Hall–Kier alpha value is -0.930. The van der Waals surface area contributed by atoms with Crippen molar-refractivity contribution in [2.24, 2.45) is 0 Å². The molecular weight excluding hydrogens is 271 g/mol. The van der Waals surface area contributed by atoms with Crippen LogP contribution >= 0.6 is 23.2 Å². The molecule has 18 heavy (non-hydrogen) atoms. The van der Waals surface area contributed by atoms with Gasteiger partial charge in [-0.2, -0.15) is 0 Å². The van der Waals surface area contributed by atoms with E-state index in [1.807, 2.05) is 6.07 Å². The van der Waals surface area contributed by atoms with Crippen LogP contribution in [-0.4, -0.2) is 12.1 Å². The fourth-order valence-corrected chi connectivity index (χ4v) is 2.62. The molecule has 1 aromatic rings. The summed E-state index contributed by atoms with van der Waals surface area (Å²) in [6.07, 6.45) is 4.56. The van der Waals surface area contributed by atoms with E-state index in [0.29, 0.717) is 22.6 Å². The molecule has 5 heteroatoms. The van der Waals surface area contributed by atoms with Crippen LogP contribution in [-0.2, 0) is 6.54 Å². The van der Waals surface area contributed by atoms with Gasteiger partial charge in [0.15, 0.2) is 0 Å². The average molecular weight is 287 g/mol. The standard InChI is InChI=1S/C13H16Cl2N2O/c14-10-6-5-9(12(15)7-10)8-16-13(18)17-11-3-1-2-4-11/h5-7,11H,1-4,8H2,(H2,16,17,18). The lowest BCUT2D eigenvalue weighted by Crippen LogP contribution is -2.40. The molecule has 2 amide bonds. The highest BCUT2D eigenvalue weighted by molar-refractivity contribution is 6.35. The molecule has 0 radical (unpaired) electrons. The van der Waals surface area contributed by atoms with E-state index in [1.54, 1.807) is 12.1 Å². The SMILES string of the molecule is O=C(NCc1ccc(Cl)cc1Cl)NC1CCCC1. The van der Waals surface area contributed by atoms with E-state index in [0.717, 1.165) is 18.4 Å². The lowest BCUT2D eigenvalue weighted by Gasteiger charge is -2.13. The maximum atomic E-state index is 11.7. The van der Waals surface area contributed by atoms with Crippen LogP contribution in [0, 0.1) is 0 Å². The van der Waals surface area contributed by atoms with Gasteiger partial charge in [-0.1, -0.05) is 42.1 Å². The summed E-state index contributed by atoms with van der Waals surface area (Å²) in [5, 5.41) is 6.94. The van der Waals surface area contributed by atoms with E-state index in [2.05, 4.69) is 10.6 Å². The molecule has 1 aromatic carbocycles. The summed E-state index contributed by atoms with van der Waals surface area (Å²) in [5.74, 6) is 0. The number of halogens is 2. The van der Waals surface area contributed by atoms with Crippen molar-refractivity contribution in [3.05, 3.63) is 33.8 Å². The monoisotopic (exact) mass is 286 g/mol. The van der Waals surface area contributed by atoms with Crippen molar-refractivity contribution in [1.82, 2.24) is 10.6 Å². The zero-order valence-corrected chi connectivity index (χ0v) is 11.5. The number of nitrogens with one attached hydrogen (secondary N) is 2. The third-order valence-electron chi connectivity index (χ3n) is 3.14. The number of amides is 2. The van der Waals surface area contributed by atoms with E-state index in [1.165, 1.54) is 12.8 Å². The predicted molar refractivity (Wildman–Crippen MR) is 74.1 cm³/mol. The van der Waals surface area contributed by atoms with Gasteiger partial charge in [-0.3, -0.25) is 0 Å². The minimum absolute atomic E-state index is 0.132. The molecular formula is C13H16Cl2N2O. The van der Waals surface area contributed by atoms with Crippen LogP contribution < -0.4 is 10.6 Å². The maximum Gasteiger partial charge on any atom is 0.315 e. The topological polar surface area (TPSA) is 41.1 Å². The van der Waals surface area contributed by atoms with Crippen LogP contribution in [0.1, 0.15) is 31.2 Å². The zero-order valence-electron chi connectivity index (χ0n) is 10.0. The van der Waals surface area contributed by atoms with E-state index in [4.69, 9.17) is 23.2 Å². The van der Waals surface area contributed by atoms with Crippen molar-refractivity contribution in [3.63, 3.8) is 0 Å². The zero-order chi connectivity index (χ0) is 13.0. The highest BCUT2D eigenvalue weighted by atomic mass is 35.5. The van der Waals surface area contributed by atoms with Gasteiger partial charge in [0.25, 0.3) is 0 Å². The molecule has 0 spiro atoms. The molecule has 2 N–H and O–H groups in total. The van der Waals surface area contributed by atoms with E-state index >= 15 is 0 Å². The number of hydrogen-bond acceptors (Lipinski definition) is 1. The molecule has 0 saturated heterocycles. The molecule has 3 nitrogen and oxygen atoms in total. The summed E-state index contributed by atoms with van der Waals surface area (Å²) in [6.45, 7) is 0.411. The van der Waals surface area contributed by atoms with Gasteiger partial charge in [0.2, 0.25) is 0 Å². The number of rotatable bonds is 3. The van der Waals surface area contributed by atoms with Crippen LogP contribution in [0.5, 0.6) is 0 Å². The van der Waals surface area contributed by atoms with Crippen LogP contribution in [0.3, 0.4) is 0 Å². The number of hydrogen-bond donors (Lipinski definition) is 2. The van der Waals surface area contributed by atoms with Crippen LogP contribution in [0.2, 0.25) is 10.0 Å². The lowest BCUT2D eigenvalue weighted by atomic mass is 10.2. The van der Waals surface area contributed by atoms with E-state index in [-0.39, 0.29) is 6.03 Å². The van der Waals surface area contributed by atoms with Gasteiger partial charge in [0.05, 0.1) is 0 Å². The Kier molecular flexibility index (Phi) is 4.72. The Morgan fingerprint density at radius 1 is 1.28 bits per heavy atom. The van der Waals surface area contributed by atoms with E-state index < -0.39 is 0 Å². The van der Waals surface area contributed by atoms with Gasteiger partial charge < -0.3 is 10.6 Å². The fourth-order valence-electron chi connectivity index (χ4n) is 2.15. The predicted octanol–water partition coefficient (Wildman–Crippen LogP) is 3.74. The van der Waals surface area contributed by atoms with Gasteiger partial charge in [-0.15, -0.1) is 0 Å². The molecule has 1 saturated carbocycles. The number of benzene rings is 1. The van der Waals surface area contributed by atoms with Crippen molar-refractivity contribution >= 4 is 29.2 Å². The van der Waals surface area contributed by atoms with Crippen molar-refractivity contribution in [3.8, 4) is 0 Å². The van der Waals surface area contributed by atoms with Crippen LogP contribution in [0.4, 0.5) is 4.79 Å². The van der Waals surface area contributed by atoms with Gasteiger partial charge in [0.1, 0.15) is 0 Å². The summed E-state index contributed by atoms with van der Waals surface area (Å²) >= 11 is 11.8. The molecule has 2 rings (SSSR count). The normalized spacial score (nSPS) is 15.7. The first-order valence-corrected chi connectivity index (χ1v) is 6.89. The molecule has 0 atom stereocenters. The summed E-state index contributed by atoms with van der Waals surface area (Å²) < 4.78 is 0. The fraction of sp³-hybridized carbons (Fsp3) is 0.462. The van der Waals surface area contributed by atoms with E-state index in [9.17, 15) is 4.79 Å². The second kappa shape index (κ2) is 6.30. The first kappa shape index (κ1) is 13.5. The summed E-state index contributed by atoms with van der Waals surface area (Å²) in [5.41, 5.74) is 0.864. The minimum atomic E-state index is -0.132. The second-order valence-electron chi connectivity index (χ2n) is 4.54. The Bertz CT molecular complexity index is 431. The Morgan fingerprint density at radius 2 is 2.00 bits per heavy atom. The molecule has 0 unspecified atom stereocenters. The second-order valence-corrected chi connectivity index (χ2v) is 5.39. The average Bonchev–Trinajstić information content (AvgIpc) is 2.80. The molecule has 98 valence electrons. The first-order valence-electron chi connectivity index (χ1n) is 6.13. The first-order chi connectivity index (χ1) is 8.65. The number of carbonyl (C=O) groups excluding carboxylic acids is 1. The van der Waals surface area contributed by atoms with Gasteiger partial charge in [-0.25, -0.2) is 4.79 Å². The van der Waals surface area contributed by atoms with Gasteiger partial charge in [0, 0.05) is 22.6 Å². The van der Waals surface area contributed by atoms with Crippen molar-refractivity contribution in [2.75, 3.05) is 0 Å². The molecule has 0 aromatic heterocycles. The number of urea groups is 1. The summed E-state index contributed by atoms with van der Waals surface area (Å²) in [4.78, 5) is 11.7. The number of carbonyl (C=O) groups is 1. The lowest BCUT2D eigenvalue weighted by molar-refractivity contribution is 0.236. The minimum Gasteiger partial charge on any atom is -0.335 e. The van der Waals surface area contributed by atoms with Crippen LogP contribution in [0.25, 0.3) is 0 Å². The summed E-state index contributed by atoms with van der Waals surface area (Å²) in [7, 11) is 0. The third kappa shape index (κ3) is 3.79. The van der Waals surface area contributed by atoms with Crippen molar-refractivity contribution in [1.29, 1.82) is 0 Å². The molecule has 1 aliphatic carbocycles. The smallest absolute Gasteiger partial charge is 0.315 e. The highest BCUT2D eigenvalue weighted by Gasteiger charge is 2.16. The quantitative estimate of drug-likeness (QED) is 0.873. The van der Waals surface area contributed by atoms with Crippen molar-refractivity contribution < 1.29 is 4.79 Å². The molecule has 1 fully saturated rings. The van der Waals surface area contributed by atoms with Gasteiger partial charge >= 0.3 is 6.03 Å². The third-order valence-corrected chi connectivity index (χ3v) is 3.73. The largest absolute Gasteiger partial charge is 0.335 e. The Balaban J connectivity index is 1.81. The molecule has 0 aliphatic heterocycles. The highest BCUT2D eigenvalue weighted by Crippen LogP contribution is 2.21. The van der Waals surface area contributed by atoms with Crippen molar-refractivity contribution in [2.45, 2.75) is 38.3 Å². The van der Waals surface area contributed by atoms with Gasteiger partial charge in [-0.05, 0) is 30.5 Å². The Morgan fingerprint density at radius 3 is 2.67 bits per heavy atom. The molecule has 1 aliphatic rings. The maximum absolute atomic E-state index is 11.7.